The van der Waals surface area contributed by atoms with Crippen LogP contribution in [-0.4, -0.2) is 5.78 Å². The van der Waals surface area contributed by atoms with E-state index in [2.05, 4.69) is 20.4 Å². The maximum atomic E-state index is 11.1. The number of rotatable bonds is 1. The predicted molar refractivity (Wildman–Crippen MR) is 46.3 cm³/mol. The average molecular weight is 152 g/mol. The van der Waals surface area contributed by atoms with E-state index in [0.29, 0.717) is 18.1 Å². The van der Waals surface area contributed by atoms with Crippen LogP contribution in [0.25, 0.3) is 0 Å². The zero-order valence-corrected chi connectivity index (χ0v) is 7.61. The summed E-state index contributed by atoms with van der Waals surface area (Å²) in [7, 11) is 0. The lowest BCUT2D eigenvalue weighted by Crippen LogP contribution is -2.20. The molecule has 0 bridgehead atoms. The molecule has 1 saturated carbocycles. The summed E-state index contributed by atoms with van der Waals surface area (Å²) in [5.74, 6) is 0.871. The summed E-state index contributed by atoms with van der Waals surface area (Å²) in [6.45, 7) is 10.2. The van der Waals surface area contributed by atoms with E-state index in [4.69, 9.17) is 0 Å². The van der Waals surface area contributed by atoms with E-state index in [1.165, 1.54) is 0 Å². The zero-order valence-electron chi connectivity index (χ0n) is 7.61. The van der Waals surface area contributed by atoms with Crippen molar-refractivity contribution in [2.45, 2.75) is 33.6 Å². The van der Waals surface area contributed by atoms with Crippen molar-refractivity contribution < 1.29 is 4.79 Å². The number of allylic oxidation sites excluding steroid dienone is 1. The Hall–Kier alpha value is -0.590. The second-order valence-electron chi connectivity index (χ2n) is 4.02. The minimum atomic E-state index is 0.0804. The van der Waals surface area contributed by atoms with Crippen molar-refractivity contribution >= 4 is 5.78 Å². The van der Waals surface area contributed by atoms with Crippen molar-refractivity contribution in [2.75, 3.05) is 0 Å². The number of hydrogen-bond donors (Lipinski definition) is 0. The molecular weight excluding hydrogens is 136 g/mol. The first-order valence-corrected chi connectivity index (χ1v) is 4.14. The van der Waals surface area contributed by atoms with E-state index in [9.17, 15) is 4.79 Å². The molecule has 0 heterocycles. The summed E-state index contributed by atoms with van der Waals surface area (Å²) in [5, 5.41) is 0. The van der Waals surface area contributed by atoms with Crippen LogP contribution in [0.3, 0.4) is 0 Å². The molecule has 1 fully saturated rings. The molecule has 0 aromatic rings. The molecule has 11 heavy (non-hydrogen) atoms. The minimum absolute atomic E-state index is 0.0804. The van der Waals surface area contributed by atoms with Crippen LogP contribution in [0.5, 0.6) is 0 Å². The number of carbonyl (C=O) groups excluding carboxylic acids is 1. The highest BCUT2D eigenvalue weighted by Gasteiger charge is 2.40. The predicted octanol–water partition coefficient (Wildman–Crippen LogP) is 2.57. The zero-order chi connectivity index (χ0) is 8.65. The van der Waals surface area contributed by atoms with E-state index < -0.39 is 0 Å². The normalized spacial score (nSPS) is 37.7. The molecule has 0 radical (unpaired) electrons. The van der Waals surface area contributed by atoms with Crippen LogP contribution in [0.1, 0.15) is 33.6 Å². The lowest BCUT2D eigenvalue weighted by atomic mass is 9.76. The highest BCUT2D eigenvalue weighted by atomic mass is 16.1. The fourth-order valence-electron chi connectivity index (χ4n) is 1.79. The standard InChI is InChI=1S/C10H16O/c1-7(2)10(4)6-9(11)5-8(10)3/h8H,1,5-6H2,2-4H3/t8-,10-/m1/s1. The molecule has 1 aliphatic carbocycles. The lowest BCUT2D eigenvalue weighted by Gasteiger charge is -2.28. The fraction of sp³-hybridized carbons (Fsp3) is 0.700. The van der Waals surface area contributed by atoms with Gasteiger partial charge in [-0.25, -0.2) is 0 Å². The van der Waals surface area contributed by atoms with Gasteiger partial charge < -0.3 is 0 Å². The second-order valence-corrected chi connectivity index (χ2v) is 4.02. The number of Topliss-reactive ketones (excluding diaryl/α,β-unsaturated/α-hetero) is 1. The maximum Gasteiger partial charge on any atom is 0.134 e. The Labute approximate surface area is 68.5 Å². The largest absolute Gasteiger partial charge is 0.300 e. The second kappa shape index (κ2) is 2.47. The highest BCUT2D eigenvalue weighted by molar-refractivity contribution is 5.82. The molecular formula is C10H16O. The van der Waals surface area contributed by atoms with Crippen molar-refractivity contribution in [2.24, 2.45) is 11.3 Å². The first kappa shape index (κ1) is 8.51. The van der Waals surface area contributed by atoms with Crippen LogP contribution < -0.4 is 0 Å². The van der Waals surface area contributed by atoms with Crippen molar-refractivity contribution in [3.63, 3.8) is 0 Å². The molecule has 0 amide bonds. The van der Waals surface area contributed by atoms with E-state index in [0.717, 1.165) is 12.0 Å². The molecule has 0 N–H and O–H groups in total. The van der Waals surface area contributed by atoms with Crippen LogP contribution in [0.2, 0.25) is 0 Å². The first-order valence-electron chi connectivity index (χ1n) is 4.14. The summed E-state index contributed by atoms with van der Waals surface area (Å²) in [4.78, 5) is 11.1. The van der Waals surface area contributed by atoms with Gasteiger partial charge in [0.2, 0.25) is 0 Å². The Morgan fingerprint density at radius 3 is 2.45 bits per heavy atom. The smallest absolute Gasteiger partial charge is 0.134 e. The lowest BCUT2D eigenvalue weighted by molar-refractivity contribution is -0.117. The minimum Gasteiger partial charge on any atom is -0.300 e. The van der Waals surface area contributed by atoms with Crippen LogP contribution in [0.4, 0.5) is 0 Å². The van der Waals surface area contributed by atoms with Gasteiger partial charge >= 0.3 is 0 Å². The third-order valence-electron chi connectivity index (χ3n) is 3.16. The number of carbonyl (C=O) groups is 1. The van der Waals surface area contributed by atoms with E-state index in [1.54, 1.807) is 0 Å². The van der Waals surface area contributed by atoms with Gasteiger partial charge in [-0.2, -0.15) is 0 Å². The molecule has 1 rings (SSSR count). The van der Waals surface area contributed by atoms with E-state index in [1.807, 2.05) is 6.92 Å². The van der Waals surface area contributed by atoms with Crippen LogP contribution in [0, 0.1) is 11.3 Å². The van der Waals surface area contributed by atoms with Gasteiger partial charge in [-0.05, 0) is 18.3 Å². The number of hydrogen-bond acceptors (Lipinski definition) is 1. The molecule has 0 aromatic heterocycles. The third kappa shape index (κ3) is 1.24. The van der Waals surface area contributed by atoms with Crippen molar-refractivity contribution in [3.8, 4) is 0 Å². The van der Waals surface area contributed by atoms with Gasteiger partial charge in [0.25, 0.3) is 0 Å². The van der Waals surface area contributed by atoms with Crippen LogP contribution in [-0.2, 0) is 4.79 Å². The van der Waals surface area contributed by atoms with E-state index >= 15 is 0 Å². The van der Waals surface area contributed by atoms with Crippen molar-refractivity contribution in [3.05, 3.63) is 12.2 Å². The topological polar surface area (TPSA) is 17.1 Å². The Balaban J connectivity index is 2.87. The maximum absolute atomic E-state index is 11.1. The highest BCUT2D eigenvalue weighted by Crippen LogP contribution is 2.45. The molecule has 0 unspecified atom stereocenters. The summed E-state index contributed by atoms with van der Waals surface area (Å²) >= 11 is 0. The molecule has 0 saturated heterocycles. The van der Waals surface area contributed by atoms with E-state index in [-0.39, 0.29) is 5.41 Å². The van der Waals surface area contributed by atoms with Gasteiger partial charge in [-0.1, -0.05) is 26.0 Å². The van der Waals surface area contributed by atoms with Crippen LogP contribution in [0.15, 0.2) is 12.2 Å². The molecule has 1 aliphatic rings. The van der Waals surface area contributed by atoms with Crippen LogP contribution >= 0.6 is 0 Å². The average Bonchev–Trinajstić information content (AvgIpc) is 2.08. The van der Waals surface area contributed by atoms with Gasteiger partial charge in [0.05, 0.1) is 0 Å². The molecule has 2 atom stereocenters. The molecule has 1 nitrogen and oxygen atoms in total. The number of ketones is 1. The molecule has 0 spiro atoms. The van der Waals surface area contributed by atoms with Gasteiger partial charge in [0.1, 0.15) is 5.78 Å². The van der Waals surface area contributed by atoms with Gasteiger partial charge in [0, 0.05) is 12.8 Å². The summed E-state index contributed by atoms with van der Waals surface area (Å²) < 4.78 is 0. The quantitative estimate of drug-likeness (QED) is 0.528. The Morgan fingerprint density at radius 2 is 2.27 bits per heavy atom. The SMILES string of the molecule is C=C(C)[C@@]1(C)CC(=O)C[C@H]1C. The summed E-state index contributed by atoms with van der Waals surface area (Å²) in [6, 6.07) is 0. The summed E-state index contributed by atoms with van der Waals surface area (Å²) in [5.41, 5.74) is 1.23. The van der Waals surface area contributed by atoms with Crippen molar-refractivity contribution in [1.82, 2.24) is 0 Å². The Morgan fingerprint density at radius 1 is 1.73 bits per heavy atom. The third-order valence-corrected chi connectivity index (χ3v) is 3.16. The monoisotopic (exact) mass is 152 g/mol. The molecule has 0 aliphatic heterocycles. The van der Waals surface area contributed by atoms with Crippen molar-refractivity contribution in [1.29, 1.82) is 0 Å². The Bertz CT molecular complexity index is 205. The molecule has 1 heteroatoms. The van der Waals surface area contributed by atoms with Gasteiger partial charge in [0.15, 0.2) is 0 Å². The molecule has 0 aromatic carbocycles. The van der Waals surface area contributed by atoms with Gasteiger partial charge in [-0.3, -0.25) is 4.79 Å². The first-order chi connectivity index (χ1) is 4.97. The molecule has 62 valence electrons. The Kier molecular flexibility index (Phi) is 1.91. The fourth-order valence-corrected chi connectivity index (χ4v) is 1.79. The summed E-state index contributed by atoms with van der Waals surface area (Å²) in [6.07, 6.45) is 1.44. The van der Waals surface area contributed by atoms with Gasteiger partial charge in [-0.15, -0.1) is 0 Å².